The van der Waals surface area contributed by atoms with Crippen LogP contribution in [0.2, 0.25) is 0 Å². The lowest BCUT2D eigenvalue weighted by molar-refractivity contribution is 0.590. The molecule has 0 amide bonds. The second-order valence-corrected chi connectivity index (χ2v) is 4.77. The summed E-state index contributed by atoms with van der Waals surface area (Å²) in [6.45, 7) is 2.18. The molecule has 1 aliphatic rings. The van der Waals surface area contributed by atoms with Gasteiger partial charge in [0, 0.05) is 18.9 Å². The van der Waals surface area contributed by atoms with Gasteiger partial charge in [-0.1, -0.05) is 6.92 Å². The summed E-state index contributed by atoms with van der Waals surface area (Å²) in [7, 11) is -3.75. The van der Waals surface area contributed by atoms with Crippen molar-refractivity contribution in [2.24, 2.45) is 10.1 Å². The molecule has 2 N–H and O–H groups in total. The molecule has 7 nitrogen and oxygen atoms in total. The molecule has 2 heterocycles. The molecule has 16 heavy (non-hydrogen) atoms. The number of anilines is 1. The molecule has 1 aliphatic heterocycles. The summed E-state index contributed by atoms with van der Waals surface area (Å²) in [5.74, 6) is 0.132. The third kappa shape index (κ3) is 1.60. The quantitative estimate of drug-likeness (QED) is 0.763. The molecule has 0 aliphatic carbocycles. The lowest BCUT2D eigenvalue weighted by Crippen LogP contribution is -2.38. The van der Waals surface area contributed by atoms with Crippen LogP contribution in [-0.2, 0) is 10.2 Å². The summed E-state index contributed by atoms with van der Waals surface area (Å²) in [6.07, 6.45) is 3.53. The van der Waals surface area contributed by atoms with Crippen molar-refractivity contribution in [2.75, 3.05) is 10.8 Å². The van der Waals surface area contributed by atoms with Crippen LogP contribution in [0.25, 0.3) is 0 Å². The van der Waals surface area contributed by atoms with E-state index in [1.807, 2.05) is 6.92 Å². The Morgan fingerprint density at radius 3 is 2.75 bits per heavy atom. The zero-order valence-corrected chi connectivity index (χ0v) is 9.48. The van der Waals surface area contributed by atoms with Gasteiger partial charge in [-0.3, -0.25) is 0 Å². The maximum absolute atomic E-state index is 11.7. The van der Waals surface area contributed by atoms with Crippen LogP contribution in [0.5, 0.6) is 0 Å². The first-order chi connectivity index (χ1) is 7.56. The number of hydrogen-bond acceptors (Lipinski definition) is 5. The Kier molecular flexibility index (Phi) is 2.50. The van der Waals surface area contributed by atoms with Gasteiger partial charge in [0.15, 0.2) is 11.7 Å². The Bertz CT molecular complexity index is 539. The number of aromatic nitrogens is 2. The van der Waals surface area contributed by atoms with Crippen molar-refractivity contribution < 1.29 is 8.42 Å². The monoisotopic (exact) mass is 241 g/mol. The molecule has 0 unspecified atom stereocenters. The Morgan fingerprint density at radius 1 is 1.38 bits per heavy atom. The van der Waals surface area contributed by atoms with E-state index in [1.54, 1.807) is 0 Å². The Labute approximate surface area is 93.2 Å². The minimum atomic E-state index is -3.75. The molecule has 8 heteroatoms. The number of amidine groups is 1. The Morgan fingerprint density at radius 2 is 2.06 bits per heavy atom. The van der Waals surface area contributed by atoms with E-state index in [0.29, 0.717) is 18.7 Å². The Balaban J connectivity index is 2.63. The van der Waals surface area contributed by atoms with Crippen molar-refractivity contribution in [1.82, 2.24) is 9.97 Å². The molecular formula is C8H11N5O2S. The van der Waals surface area contributed by atoms with E-state index in [0.717, 1.165) is 4.31 Å². The van der Waals surface area contributed by atoms with Gasteiger partial charge in [-0.2, -0.15) is 8.42 Å². The second-order valence-electron chi connectivity index (χ2n) is 3.26. The smallest absolute Gasteiger partial charge is 0.347 e. The molecule has 0 atom stereocenters. The number of rotatable bonds is 2. The largest absolute Gasteiger partial charge is 0.381 e. The molecule has 0 saturated heterocycles. The van der Waals surface area contributed by atoms with Crippen molar-refractivity contribution in [3.8, 4) is 0 Å². The molecule has 86 valence electrons. The van der Waals surface area contributed by atoms with Crippen LogP contribution in [0.1, 0.15) is 19.0 Å². The molecule has 0 saturated carbocycles. The molecule has 1 aromatic heterocycles. The van der Waals surface area contributed by atoms with Crippen molar-refractivity contribution in [2.45, 2.75) is 13.3 Å². The van der Waals surface area contributed by atoms with Crippen molar-refractivity contribution >= 4 is 21.9 Å². The summed E-state index contributed by atoms with van der Waals surface area (Å²) >= 11 is 0. The fraction of sp³-hybridized carbons (Fsp3) is 0.375. The Hall–Kier alpha value is -1.70. The molecule has 0 radical (unpaired) electrons. The topological polar surface area (TPSA) is 102 Å². The minimum absolute atomic E-state index is 0.115. The van der Waals surface area contributed by atoms with Gasteiger partial charge in [0.1, 0.15) is 5.69 Å². The van der Waals surface area contributed by atoms with E-state index in [-0.39, 0.29) is 11.7 Å². The summed E-state index contributed by atoms with van der Waals surface area (Å²) in [4.78, 5) is 7.96. The molecular weight excluding hydrogens is 230 g/mol. The van der Waals surface area contributed by atoms with Gasteiger partial charge >= 0.3 is 10.2 Å². The lowest BCUT2D eigenvalue weighted by atomic mass is 10.3. The maximum Gasteiger partial charge on any atom is 0.347 e. The predicted molar refractivity (Wildman–Crippen MR) is 59.3 cm³/mol. The third-order valence-electron chi connectivity index (χ3n) is 2.08. The maximum atomic E-state index is 11.7. The highest BCUT2D eigenvalue weighted by Crippen LogP contribution is 2.24. The van der Waals surface area contributed by atoms with Crippen LogP contribution in [0.3, 0.4) is 0 Å². The summed E-state index contributed by atoms with van der Waals surface area (Å²) in [5.41, 5.74) is 5.83. The van der Waals surface area contributed by atoms with Crippen LogP contribution in [0, 0.1) is 0 Å². The number of hydrogen-bond donors (Lipinski definition) is 1. The van der Waals surface area contributed by atoms with Gasteiger partial charge in [0.2, 0.25) is 0 Å². The van der Waals surface area contributed by atoms with E-state index in [9.17, 15) is 8.42 Å². The van der Waals surface area contributed by atoms with Gasteiger partial charge in [0.25, 0.3) is 0 Å². The summed E-state index contributed by atoms with van der Waals surface area (Å²) < 4.78 is 28.0. The van der Waals surface area contributed by atoms with Crippen LogP contribution in [0.15, 0.2) is 16.8 Å². The first-order valence-electron chi connectivity index (χ1n) is 4.75. The van der Waals surface area contributed by atoms with Crippen LogP contribution >= 0.6 is 0 Å². The van der Waals surface area contributed by atoms with Crippen LogP contribution in [0.4, 0.5) is 5.82 Å². The fourth-order valence-electron chi connectivity index (χ4n) is 1.44. The number of nitrogens with zero attached hydrogens (tertiary/aromatic N) is 4. The van der Waals surface area contributed by atoms with Crippen LogP contribution < -0.4 is 10.0 Å². The zero-order valence-electron chi connectivity index (χ0n) is 8.66. The van der Waals surface area contributed by atoms with Gasteiger partial charge in [-0.15, -0.1) is 4.40 Å². The second kappa shape index (κ2) is 3.71. The van der Waals surface area contributed by atoms with Gasteiger partial charge < -0.3 is 5.73 Å². The normalized spacial score (nSPS) is 17.8. The summed E-state index contributed by atoms with van der Waals surface area (Å²) in [5, 5.41) is 0. The average molecular weight is 241 g/mol. The van der Waals surface area contributed by atoms with E-state index in [2.05, 4.69) is 14.4 Å². The molecule has 0 spiro atoms. The minimum Gasteiger partial charge on any atom is -0.381 e. The lowest BCUT2D eigenvalue weighted by Gasteiger charge is -2.24. The highest BCUT2D eigenvalue weighted by atomic mass is 32.2. The van der Waals surface area contributed by atoms with Crippen LogP contribution in [-0.4, -0.2) is 30.8 Å². The molecule has 0 fully saturated rings. The summed E-state index contributed by atoms with van der Waals surface area (Å²) in [6, 6.07) is 0. The van der Waals surface area contributed by atoms with Gasteiger partial charge in [-0.25, -0.2) is 14.3 Å². The highest BCUT2D eigenvalue weighted by molar-refractivity contribution is 7.91. The third-order valence-corrected chi connectivity index (χ3v) is 3.42. The van der Waals surface area contributed by atoms with E-state index < -0.39 is 10.2 Å². The SMILES string of the molecule is CCCN1c2nccnc2C(N)=NS1(=O)=O. The van der Waals surface area contributed by atoms with E-state index >= 15 is 0 Å². The highest BCUT2D eigenvalue weighted by Gasteiger charge is 2.31. The standard InChI is InChI=1S/C8H11N5O2S/c1-2-5-13-8-6(10-3-4-11-8)7(9)12-16(13,14)15/h3-4H,2,5H2,1H3,(H2,9,12). The number of nitrogens with two attached hydrogens (primary N) is 1. The molecule has 0 aromatic carbocycles. The fourth-order valence-corrected chi connectivity index (χ4v) is 2.64. The first kappa shape index (κ1) is 10.8. The first-order valence-corrected chi connectivity index (χ1v) is 6.15. The average Bonchev–Trinajstić information content (AvgIpc) is 2.23. The van der Waals surface area contributed by atoms with Crippen molar-refractivity contribution in [3.05, 3.63) is 18.1 Å². The molecule has 1 aromatic rings. The van der Waals surface area contributed by atoms with E-state index in [1.165, 1.54) is 12.4 Å². The van der Waals surface area contributed by atoms with Gasteiger partial charge in [0.05, 0.1) is 0 Å². The number of fused-ring (bicyclic) bond motifs is 1. The zero-order chi connectivity index (χ0) is 11.8. The van der Waals surface area contributed by atoms with E-state index in [4.69, 9.17) is 5.73 Å². The predicted octanol–water partition coefficient (Wildman–Crippen LogP) is -0.343. The van der Waals surface area contributed by atoms with Gasteiger partial charge in [-0.05, 0) is 6.42 Å². The van der Waals surface area contributed by atoms with Crippen molar-refractivity contribution in [3.63, 3.8) is 0 Å². The molecule has 0 bridgehead atoms. The van der Waals surface area contributed by atoms with Crippen molar-refractivity contribution in [1.29, 1.82) is 0 Å². The molecule has 2 rings (SSSR count).